The van der Waals surface area contributed by atoms with Gasteiger partial charge in [-0.25, -0.2) is 0 Å². The molecule has 33 heavy (non-hydrogen) atoms. The molecular formula is C23H18ClN5O3S. The first-order valence-electron chi connectivity index (χ1n) is 10.0. The van der Waals surface area contributed by atoms with Crippen LogP contribution in [-0.2, 0) is 12.3 Å². The summed E-state index contributed by atoms with van der Waals surface area (Å²) < 4.78 is 18.7. The van der Waals surface area contributed by atoms with E-state index in [9.17, 15) is 0 Å². The predicted molar refractivity (Wildman–Crippen MR) is 124 cm³/mol. The van der Waals surface area contributed by atoms with Gasteiger partial charge in [0.2, 0.25) is 11.8 Å². The van der Waals surface area contributed by atoms with E-state index < -0.39 is 0 Å². The average Bonchev–Trinajstić information content (AvgIpc) is 3.60. The molecule has 0 aliphatic rings. The molecule has 0 radical (unpaired) electrons. The molecule has 8 nitrogen and oxygen atoms in total. The zero-order valence-electron chi connectivity index (χ0n) is 17.5. The summed E-state index contributed by atoms with van der Waals surface area (Å²) in [5.74, 6) is 3.50. The van der Waals surface area contributed by atoms with Crippen LogP contribution in [0.4, 0.5) is 0 Å². The quantitative estimate of drug-likeness (QED) is 0.266. The number of benzene rings is 2. The van der Waals surface area contributed by atoms with E-state index in [1.54, 1.807) is 19.4 Å². The molecule has 0 aliphatic heterocycles. The molecule has 0 unspecified atom stereocenters. The fraction of sp³-hybridized carbons (Fsp3) is 0.130. The normalized spacial score (nSPS) is 11.1. The smallest absolute Gasteiger partial charge is 0.249 e. The van der Waals surface area contributed by atoms with Crippen LogP contribution in [0.25, 0.3) is 22.8 Å². The van der Waals surface area contributed by atoms with Gasteiger partial charge in [-0.2, -0.15) is 0 Å². The minimum atomic E-state index is 0.380. The van der Waals surface area contributed by atoms with Crippen molar-refractivity contribution >= 4 is 23.4 Å². The van der Waals surface area contributed by atoms with Crippen molar-refractivity contribution < 1.29 is 13.6 Å². The van der Waals surface area contributed by atoms with Crippen LogP contribution >= 0.6 is 23.4 Å². The third kappa shape index (κ3) is 4.64. The van der Waals surface area contributed by atoms with Crippen molar-refractivity contribution in [3.8, 4) is 28.6 Å². The third-order valence-electron chi connectivity index (χ3n) is 4.83. The van der Waals surface area contributed by atoms with Crippen LogP contribution in [0.15, 0.2) is 80.9 Å². The van der Waals surface area contributed by atoms with Gasteiger partial charge in [-0.1, -0.05) is 47.6 Å². The minimum absolute atomic E-state index is 0.380. The van der Waals surface area contributed by atoms with Gasteiger partial charge in [0.15, 0.2) is 11.0 Å². The Bertz CT molecular complexity index is 1370. The number of furan rings is 1. The molecule has 3 heterocycles. The SMILES string of the molecule is COc1cccc(-c2nnc(SCc3nnc(-c4ccccc4Cl)o3)n2Cc2ccco2)c1. The summed E-state index contributed by atoms with van der Waals surface area (Å²) in [6.07, 6.45) is 1.65. The van der Waals surface area contributed by atoms with Gasteiger partial charge in [0.05, 0.1) is 36.3 Å². The third-order valence-corrected chi connectivity index (χ3v) is 6.12. The van der Waals surface area contributed by atoms with Crippen LogP contribution in [0.2, 0.25) is 5.02 Å². The Labute approximate surface area is 198 Å². The lowest BCUT2D eigenvalue weighted by Gasteiger charge is -2.09. The summed E-state index contributed by atoms with van der Waals surface area (Å²) in [5, 5.41) is 18.4. The van der Waals surface area contributed by atoms with E-state index in [0.29, 0.717) is 45.6 Å². The van der Waals surface area contributed by atoms with Crippen LogP contribution in [-0.4, -0.2) is 32.1 Å². The van der Waals surface area contributed by atoms with Crippen molar-refractivity contribution in [2.75, 3.05) is 7.11 Å². The number of aromatic nitrogens is 5. The molecular weight excluding hydrogens is 462 g/mol. The van der Waals surface area contributed by atoms with Gasteiger partial charge >= 0.3 is 0 Å². The summed E-state index contributed by atoms with van der Waals surface area (Å²) in [6.45, 7) is 0.476. The maximum absolute atomic E-state index is 6.24. The highest BCUT2D eigenvalue weighted by Gasteiger charge is 2.18. The monoisotopic (exact) mass is 479 g/mol. The molecule has 10 heteroatoms. The second-order valence-electron chi connectivity index (χ2n) is 6.97. The highest BCUT2D eigenvalue weighted by molar-refractivity contribution is 7.98. The maximum Gasteiger partial charge on any atom is 0.249 e. The Balaban J connectivity index is 1.41. The number of hydrogen-bond donors (Lipinski definition) is 0. The molecule has 3 aromatic heterocycles. The molecule has 5 rings (SSSR count). The second-order valence-corrected chi connectivity index (χ2v) is 8.32. The Morgan fingerprint density at radius 3 is 2.73 bits per heavy atom. The molecule has 2 aromatic carbocycles. The van der Waals surface area contributed by atoms with Gasteiger partial charge in [-0.3, -0.25) is 4.57 Å². The minimum Gasteiger partial charge on any atom is -0.497 e. The lowest BCUT2D eigenvalue weighted by Crippen LogP contribution is -2.03. The number of rotatable bonds is 8. The van der Waals surface area contributed by atoms with E-state index in [1.165, 1.54) is 11.8 Å². The van der Waals surface area contributed by atoms with E-state index in [0.717, 1.165) is 17.1 Å². The molecule has 0 bridgehead atoms. The molecule has 0 spiro atoms. The summed E-state index contributed by atoms with van der Waals surface area (Å²) >= 11 is 7.69. The molecule has 0 atom stereocenters. The first-order chi connectivity index (χ1) is 16.2. The first-order valence-corrected chi connectivity index (χ1v) is 11.4. The Morgan fingerprint density at radius 1 is 1.00 bits per heavy atom. The fourth-order valence-corrected chi connectivity index (χ4v) is 4.25. The Morgan fingerprint density at radius 2 is 1.91 bits per heavy atom. The largest absolute Gasteiger partial charge is 0.497 e. The molecule has 0 saturated carbocycles. The number of hydrogen-bond acceptors (Lipinski definition) is 8. The molecule has 5 aromatic rings. The molecule has 0 aliphatic carbocycles. The first kappa shape index (κ1) is 21.3. The summed E-state index contributed by atoms with van der Waals surface area (Å²) in [7, 11) is 1.63. The van der Waals surface area contributed by atoms with Crippen molar-refractivity contribution in [1.29, 1.82) is 0 Å². The number of ether oxygens (including phenoxy) is 1. The van der Waals surface area contributed by atoms with Crippen LogP contribution in [0.3, 0.4) is 0 Å². The maximum atomic E-state index is 6.24. The van der Waals surface area contributed by atoms with Gasteiger partial charge in [0.1, 0.15) is 11.5 Å². The van der Waals surface area contributed by atoms with Crippen LogP contribution in [0.5, 0.6) is 5.75 Å². The Kier molecular flexibility index (Phi) is 6.14. The number of halogens is 1. The summed E-state index contributed by atoms with van der Waals surface area (Å²) in [5.41, 5.74) is 1.59. The van der Waals surface area contributed by atoms with Gasteiger partial charge in [-0.15, -0.1) is 20.4 Å². The van der Waals surface area contributed by atoms with Crippen molar-refractivity contribution in [1.82, 2.24) is 25.0 Å². The zero-order chi connectivity index (χ0) is 22.6. The lowest BCUT2D eigenvalue weighted by atomic mass is 10.2. The van der Waals surface area contributed by atoms with Crippen molar-refractivity contribution in [3.05, 3.63) is 83.6 Å². The average molecular weight is 480 g/mol. The zero-order valence-corrected chi connectivity index (χ0v) is 19.1. The van der Waals surface area contributed by atoms with E-state index in [1.807, 2.05) is 59.2 Å². The molecule has 166 valence electrons. The van der Waals surface area contributed by atoms with Crippen LogP contribution < -0.4 is 4.74 Å². The predicted octanol–water partition coefficient (Wildman–Crippen LogP) is 5.59. The van der Waals surface area contributed by atoms with Crippen molar-refractivity contribution in [3.63, 3.8) is 0 Å². The highest BCUT2D eigenvalue weighted by Crippen LogP contribution is 2.31. The standard InChI is InChI=1S/C23H18ClN5O3S/c1-30-16-7-4-6-15(12-16)21-26-28-23(29(21)13-17-8-5-11-31-17)33-14-20-25-27-22(32-20)18-9-2-3-10-19(18)24/h2-12H,13-14H2,1H3. The lowest BCUT2D eigenvalue weighted by molar-refractivity contribution is 0.415. The van der Waals surface area contributed by atoms with E-state index >= 15 is 0 Å². The van der Waals surface area contributed by atoms with Crippen molar-refractivity contribution in [2.24, 2.45) is 0 Å². The van der Waals surface area contributed by atoms with E-state index in [2.05, 4.69) is 20.4 Å². The topological polar surface area (TPSA) is 92.0 Å². The van der Waals surface area contributed by atoms with Crippen LogP contribution in [0.1, 0.15) is 11.7 Å². The van der Waals surface area contributed by atoms with Gasteiger partial charge < -0.3 is 13.6 Å². The number of thioether (sulfide) groups is 1. The van der Waals surface area contributed by atoms with Gasteiger partial charge in [-0.05, 0) is 36.4 Å². The molecule has 0 saturated heterocycles. The van der Waals surface area contributed by atoms with E-state index in [4.69, 9.17) is 25.2 Å². The summed E-state index contributed by atoms with van der Waals surface area (Å²) in [4.78, 5) is 0. The molecule has 0 amide bonds. The fourth-order valence-electron chi connectivity index (χ4n) is 3.25. The van der Waals surface area contributed by atoms with Crippen LogP contribution in [0, 0.1) is 0 Å². The van der Waals surface area contributed by atoms with Crippen molar-refractivity contribution in [2.45, 2.75) is 17.5 Å². The number of nitrogens with zero attached hydrogens (tertiary/aromatic N) is 5. The summed E-state index contributed by atoms with van der Waals surface area (Å²) in [6, 6.07) is 18.8. The highest BCUT2D eigenvalue weighted by atomic mass is 35.5. The van der Waals surface area contributed by atoms with Gasteiger partial charge in [0.25, 0.3) is 0 Å². The van der Waals surface area contributed by atoms with Gasteiger partial charge in [0, 0.05) is 5.56 Å². The number of methoxy groups -OCH3 is 1. The molecule has 0 N–H and O–H groups in total. The van der Waals surface area contributed by atoms with E-state index in [-0.39, 0.29) is 0 Å². The molecule has 0 fully saturated rings. The second kappa shape index (κ2) is 9.51. The Hall–Kier alpha value is -3.56.